The van der Waals surface area contributed by atoms with Crippen LogP contribution < -0.4 is 0 Å². The van der Waals surface area contributed by atoms with Crippen LogP contribution in [-0.4, -0.2) is 50.3 Å². The van der Waals surface area contributed by atoms with E-state index in [0.29, 0.717) is 13.2 Å². The molecule has 0 N–H and O–H groups in total. The van der Waals surface area contributed by atoms with Crippen molar-refractivity contribution in [2.75, 3.05) is 27.4 Å². The lowest BCUT2D eigenvalue weighted by Gasteiger charge is -2.36. The second-order valence-corrected chi connectivity index (χ2v) is 3.36. The van der Waals surface area contributed by atoms with E-state index < -0.39 is 0 Å². The minimum absolute atomic E-state index is 0.0300. The molecule has 1 fully saturated rings. The minimum Gasteiger partial charge on any atom is -0.379 e. The number of methoxy groups -OCH3 is 1. The first-order chi connectivity index (χ1) is 6.70. The predicted octanol–water partition coefficient (Wildman–Crippen LogP) is 0.435. The van der Waals surface area contributed by atoms with E-state index in [1.165, 1.54) is 6.08 Å². The van der Waals surface area contributed by atoms with Gasteiger partial charge in [0.05, 0.1) is 12.6 Å². The molecule has 0 aromatic carbocycles. The highest BCUT2D eigenvalue weighted by Gasteiger charge is 2.30. The molecule has 0 spiro atoms. The fourth-order valence-corrected chi connectivity index (χ4v) is 1.68. The number of hydrogen-bond donors (Lipinski definition) is 0. The number of ether oxygens (including phenoxy) is 2. The van der Waals surface area contributed by atoms with E-state index in [1.54, 1.807) is 19.1 Å². The summed E-state index contributed by atoms with van der Waals surface area (Å²) >= 11 is 0. The maximum absolute atomic E-state index is 11.4. The Bertz CT molecular complexity index is 217. The van der Waals surface area contributed by atoms with Crippen LogP contribution in [0.5, 0.6) is 0 Å². The summed E-state index contributed by atoms with van der Waals surface area (Å²) < 4.78 is 10.5. The summed E-state index contributed by atoms with van der Waals surface area (Å²) in [6.07, 6.45) is 2.11. The van der Waals surface area contributed by atoms with Gasteiger partial charge >= 0.3 is 0 Å². The number of likely N-dealkylation sites (N-methyl/N-ethyl adjacent to an activating group) is 1. The second-order valence-electron chi connectivity index (χ2n) is 3.36. The summed E-state index contributed by atoms with van der Waals surface area (Å²) in [7, 11) is 3.41. The molecular formula is C10H17NO3. The number of hydrogen-bond acceptors (Lipinski definition) is 3. The third kappa shape index (κ3) is 2.33. The largest absolute Gasteiger partial charge is 0.379 e. The van der Waals surface area contributed by atoms with E-state index in [2.05, 4.69) is 6.58 Å². The van der Waals surface area contributed by atoms with Gasteiger partial charge in [0.15, 0.2) is 0 Å². The van der Waals surface area contributed by atoms with E-state index in [-0.39, 0.29) is 18.1 Å². The SMILES string of the molecule is C=CC(=O)N(C)C1CCOCC1OC. The van der Waals surface area contributed by atoms with E-state index in [1.807, 2.05) is 0 Å². The molecule has 0 saturated carbocycles. The molecule has 1 rings (SSSR count). The average molecular weight is 199 g/mol. The molecule has 0 bridgehead atoms. The molecule has 2 atom stereocenters. The highest BCUT2D eigenvalue weighted by atomic mass is 16.5. The molecule has 1 amide bonds. The molecule has 0 aliphatic carbocycles. The van der Waals surface area contributed by atoms with Gasteiger partial charge in [0.2, 0.25) is 5.91 Å². The number of rotatable bonds is 3. The van der Waals surface area contributed by atoms with Crippen molar-refractivity contribution in [3.8, 4) is 0 Å². The molecule has 2 unspecified atom stereocenters. The van der Waals surface area contributed by atoms with Crippen molar-refractivity contribution in [2.45, 2.75) is 18.6 Å². The minimum atomic E-state index is -0.0704. The Hall–Kier alpha value is -0.870. The van der Waals surface area contributed by atoms with E-state index >= 15 is 0 Å². The van der Waals surface area contributed by atoms with Crippen LogP contribution in [0.25, 0.3) is 0 Å². The molecule has 1 aliphatic heterocycles. The van der Waals surface area contributed by atoms with Crippen LogP contribution >= 0.6 is 0 Å². The van der Waals surface area contributed by atoms with Crippen LogP contribution in [0.1, 0.15) is 6.42 Å². The number of carbonyl (C=O) groups excluding carboxylic acids is 1. The summed E-state index contributed by atoms with van der Waals surface area (Å²) in [5, 5.41) is 0. The summed E-state index contributed by atoms with van der Waals surface area (Å²) in [6.45, 7) is 4.70. The summed E-state index contributed by atoms with van der Waals surface area (Å²) in [4.78, 5) is 13.1. The fourth-order valence-electron chi connectivity index (χ4n) is 1.68. The first-order valence-electron chi connectivity index (χ1n) is 4.70. The highest BCUT2D eigenvalue weighted by Crippen LogP contribution is 2.16. The fraction of sp³-hybridized carbons (Fsp3) is 0.700. The highest BCUT2D eigenvalue weighted by molar-refractivity contribution is 5.87. The van der Waals surface area contributed by atoms with Crippen molar-refractivity contribution in [1.29, 1.82) is 0 Å². The summed E-state index contributed by atoms with van der Waals surface area (Å²) in [5.74, 6) is -0.0704. The van der Waals surface area contributed by atoms with Gasteiger partial charge in [-0.15, -0.1) is 0 Å². The smallest absolute Gasteiger partial charge is 0.246 e. The van der Waals surface area contributed by atoms with Crippen LogP contribution in [0, 0.1) is 0 Å². The van der Waals surface area contributed by atoms with Crippen molar-refractivity contribution in [1.82, 2.24) is 4.90 Å². The van der Waals surface area contributed by atoms with E-state index in [0.717, 1.165) is 6.42 Å². The zero-order valence-corrected chi connectivity index (χ0v) is 8.73. The van der Waals surface area contributed by atoms with Gasteiger partial charge in [-0.3, -0.25) is 4.79 Å². The number of amides is 1. The van der Waals surface area contributed by atoms with Crippen molar-refractivity contribution in [3.63, 3.8) is 0 Å². The number of carbonyl (C=O) groups is 1. The molecule has 0 aromatic rings. The van der Waals surface area contributed by atoms with Crippen LogP contribution in [0.2, 0.25) is 0 Å². The Morgan fingerprint density at radius 3 is 3.00 bits per heavy atom. The normalized spacial score (nSPS) is 27.0. The van der Waals surface area contributed by atoms with Gasteiger partial charge in [-0.2, -0.15) is 0 Å². The van der Waals surface area contributed by atoms with Gasteiger partial charge in [-0.25, -0.2) is 0 Å². The average Bonchev–Trinajstić information content (AvgIpc) is 2.26. The summed E-state index contributed by atoms with van der Waals surface area (Å²) in [5.41, 5.74) is 0. The molecular weight excluding hydrogens is 182 g/mol. The Morgan fingerprint density at radius 2 is 2.43 bits per heavy atom. The lowest BCUT2D eigenvalue weighted by atomic mass is 10.0. The number of nitrogens with zero attached hydrogens (tertiary/aromatic N) is 1. The van der Waals surface area contributed by atoms with Gasteiger partial charge < -0.3 is 14.4 Å². The molecule has 4 nitrogen and oxygen atoms in total. The van der Waals surface area contributed by atoms with Crippen molar-refractivity contribution >= 4 is 5.91 Å². The van der Waals surface area contributed by atoms with Crippen molar-refractivity contribution < 1.29 is 14.3 Å². The Kier molecular flexibility index (Phi) is 4.10. The maximum Gasteiger partial charge on any atom is 0.246 e. The standard InChI is InChI=1S/C10H17NO3/c1-4-10(12)11(2)8-5-6-14-7-9(8)13-3/h4,8-9H,1,5-7H2,2-3H3. The maximum atomic E-state index is 11.4. The quantitative estimate of drug-likeness (QED) is 0.619. The third-order valence-electron chi connectivity index (χ3n) is 2.59. The predicted molar refractivity (Wildman–Crippen MR) is 53.0 cm³/mol. The second kappa shape index (κ2) is 5.12. The van der Waals surface area contributed by atoms with Crippen molar-refractivity contribution in [3.05, 3.63) is 12.7 Å². The lowest BCUT2D eigenvalue weighted by molar-refractivity contribution is -0.135. The Morgan fingerprint density at radius 1 is 1.71 bits per heavy atom. The first-order valence-corrected chi connectivity index (χ1v) is 4.70. The molecule has 1 heterocycles. The molecule has 0 radical (unpaired) electrons. The Balaban J connectivity index is 2.62. The van der Waals surface area contributed by atoms with E-state index in [4.69, 9.17) is 9.47 Å². The van der Waals surface area contributed by atoms with E-state index in [9.17, 15) is 4.79 Å². The van der Waals surface area contributed by atoms with Gasteiger partial charge in [0, 0.05) is 20.8 Å². The Labute approximate surface area is 84.5 Å². The monoisotopic (exact) mass is 199 g/mol. The van der Waals surface area contributed by atoms with Crippen LogP contribution in [-0.2, 0) is 14.3 Å². The van der Waals surface area contributed by atoms with Gasteiger partial charge in [-0.05, 0) is 12.5 Å². The molecule has 1 saturated heterocycles. The molecule has 0 aromatic heterocycles. The molecule has 1 aliphatic rings. The van der Waals surface area contributed by atoms with Crippen LogP contribution in [0.15, 0.2) is 12.7 Å². The summed E-state index contributed by atoms with van der Waals surface area (Å²) in [6, 6.07) is 0.0965. The van der Waals surface area contributed by atoms with Crippen LogP contribution in [0.4, 0.5) is 0 Å². The van der Waals surface area contributed by atoms with Crippen molar-refractivity contribution in [2.24, 2.45) is 0 Å². The van der Waals surface area contributed by atoms with Gasteiger partial charge in [-0.1, -0.05) is 6.58 Å². The zero-order valence-electron chi connectivity index (χ0n) is 8.73. The third-order valence-corrected chi connectivity index (χ3v) is 2.59. The zero-order chi connectivity index (χ0) is 10.6. The lowest BCUT2D eigenvalue weighted by Crippen LogP contribution is -2.50. The topological polar surface area (TPSA) is 38.8 Å². The first kappa shape index (κ1) is 11.2. The molecule has 14 heavy (non-hydrogen) atoms. The van der Waals surface area contributed by atoms with Gasteiger partial charge in [0.1, 0.15) is 6.10 Å². The van der Waals surface area contributed by atoms with Crippen LogP contribution in [0.3, 0.4) is 0 Å². The molecule has 80 valence electrons. The van der Waals surface area contributed by atoms with Gasteiger partial charge in [0.25, 0.3) is 0 Å². The molecule has 4 heteroatoms.